The fourth-order valence-electron chi connectivity index (χ4n) is 1.82. The number of aliphatic hydroxyl groups is 1. The second-order valence-corrected chi connectivity index (χ2v) is 4.08. The van der Waals surface area contributed by atoms with E-state index in [1.54, 1.807) is 0 Å². The van der Waals surface area contributed by atoms with Crippen molar-refractivity contribution in [2.45, 2.75) is 6.10 Å². The van der Waals surface area contributed by atoms with E-state index in [-0.39, 0.29) is 18.5 Å². The number of benzene rings is 2. The van der Waals surface area contributed by atoms with Gasteiger partial charge in [-0.2, -0.15) is 0 Å². The molecule has 2 rings (SSSR count). The number of ether oxygens (including phenoxy) is 1. The Hall–Kier alpha value is -2.06. The van der Waals surface area contributed by atoms with Crippen LogP contribution >= 0.6 is 0 Å². The molecule has 0 unspecified atom stereocenters. The molecule has 0 bridgehead atoms. The van der Waals surface area contributed by atoms with Crippen LogP contribution in [0.5, 0.6) is 0 Å². The molecule has 2 heteroatoms. The SMILES string of the molecule is C=C(O)COC(c1ccccc1)c1ccccc1. The van der Waals surface area contributed by atoms with Gasteiger partial charge in [-0.05, 0) is 11.1 Å². The molecule has 0 heterocycles. The Kier molecular flexibility index (Phi) is 4.15. The van der Waals surface area contributed by atoms with E-state index < -0.39 is 0 Å². The van der Waals surface area contributed by atoms with Gasteiger partial charge in [-0.15, -0.1) is 0 Å². The van der Waals surface area contributed by atoms with Gasteiger partial charge in [0.1, 0.15) is 18.5 Å². The molecule has 2 aromatic carbocycles. The molecule has 0 saturated carbocycles. The first-order valence-electron chi connectivity index (χ1n) is 5.85. The quantitative estimate of drug-likeness (QED) is 0.804. The van der Waals surface area contributed by atoms with E-state index in [0.717, 1.165) is 11.1 Å². The first kappa shape index (κ1) is 12.4. The fraction of sp³-hybridized carbons (Fsp3) is 0.125. The van der Waals surface area contributed by atoms with Crippen molar-refractivity contribution in [2.75, 3.05) is 6.61 Å². The number of aliphatic hydroxyl groups excluding tert-OH is 1. The van der Waals surface area contributed by atoms with Gasteiger partial charge in [-0.3, -0.25) is 0 Å². The van der Waals surface area contributed by atoms with Crippen molar-refractivity contribution < 1.29 is 9.84 Å². The Bertz CT molecular complexity index is 452. The van der Waals surface area contributed by atoms with Crippen molar-refractivity contribution in [1.82, 2.24) is 0 Å². The summed E-state index contributed by atoms with van der Waals surface area (Å²) in [5.41, 5.74) is 2.12. The van der Waals surface area contributed by atoms with Crippen LogP contribution in [0.2, 0.25) is 0 Å². The van der Waals surface area contributed by atoms with E-state index in [1.165, 1.54) is 0 Å². The molecule has 0 fully saturated rings. The predicted molar refractivity (Wildman–Crippen MR) is 72.4 cm³/mol. The Balaban J connectivity index is 2.26. The highest BCUT2D eigenvalue weighted by Gasteiger charge is 2.14. The minimum absolute atomic E-state index is 0.0341. The van der Waals surface area contributed by atoms with E-state index in [9.17, 15) is 5.11 Å². The number of hydrogen-bond donors (Lipinski definition) is 1. The molecule has 0 aliphatic heterocycles. The first-order valence-corrected chi connectivity index (χ1v) is 5.85. The third-order valence-corrected chi connectivity index (χ3v) is 2.62. The average Bonchev–Trinajstić information content (AvgIpc) is 2.41. The van der Waals surface area contributed by atoms with Gasteiger partial charge in [0.05, 0.1) is 0 Å². The molecule has 2 nitrogen and oxygen atoms in total. The molecule has 18 heavy (non-hydrogen) atoms. The van der Waals surface area contributed by atoms with Gasteiger partial charge in [-0.1, -0.05) is 67.2 Å². The highest BCUT2D eigenvalue weighted by molar-refractivity contribution is 5.29. The van der Waals surface area contributed by atoms with Crippen LogP contribution < -0.4 is 0 Å². The molecule has 92 valence electrons. The average molecular weight is 240 g/mol. The van der Waals surface area contributed by atoms with Gasteiger partial charge in [0.2, 0.25) is 0 Å². The van der Waals surface area contributed by atoms with E-state index in [0.29, 0.717) is 0 Å². The monoisotopic (exact) mass is 240 g/mol. The van der Waals surface area contributed by atoms with Gasteiger partial charge < -0.3 is 9.84 Å². The Morgan fingerprint density at radius 3 is 1.78 bits per heavy atom. The smallest absolute Gasteiger partial charge is 0.111 e. The minimum atomic E-state index is -0.184. The molecule has 2 aromatic rings. The van der Waals surface area contributed by atoms with Crippen LogP contribution in [0.15, 0.2) is 73.0 Å². The van der Waals surface area contributed by atoms with Crippen LogP contribution in [-0.2, 0) is 4.74 Å². The van der Waals surface area contributed by atoms with Crippen LogP contribution in [0.25, 0.3) is 0 Å². The van der Waals surface area contributed by atoms with Gasteiger partial charge in [-0.25, -0.2) is 0 Å². The van der Waals surface area contributed by atoms with Crippen LogP contribution in [0, 0.1) is 0 Å². The molecule has 0 aliphatic carbocycles. The Morgan fingerprint density at radius 1 is 0.944 bits per heavy atom. The molecule has 0 spiro atoms. The fourth-order valence-corrected chi connectivity index (χ4v) is 1.82. The second-order valence-electron chi connectivity index (χ2n) is 4.08. The third-order valence-electron chi connectivity index (χ3n) is 2.62. The lowest BCUT2D eigenvalue weighted by molar-refractivity contribution is 0.0785. The molecule has 0 saturated heterocycles. The molecule has 0 aliphatic rings. The summed E-state index contributed by atoms with van der Waals surface area (Å²) in [6, 6.07) is 19.9. The van der Waals surface area contributed by atoms with Crippen molar-refractivity contribution in [2.24, 2.45) is 0 Å². The van der Waals surface area contributed by atoms with Crippen molar-refractivity contribution in [1.29, 1.82) is 0 Å². The molecule has 0 atom stereocenters. The van der Waals surface area contributed by atoms with Gasteiger partial charge >= 0.3 is 0 Å². The van der Waals surface area contributed by atoms with Gasteiger partial charge in [0.15, 0.2) is 0 Å². The van der Waals surface area contributed by atoms with Crippen LogP contribution in [0.4, 0.5) is 0 Å². The van der Waals surface area contributed by atoms with Crippen LogP contribution in [0.3, 0.4) is 0 Å². The van der Waals surface area contributed by atoms with Crippen LogP contribution in [-0.4, -0.2) is 11.7 Å². The summed E-state index contributed by atoms with van der Waals surface area (Å²) in [5.74, 6) is 0.0341. The van der Waals surface area contributed by atoms with Crippen molar-refractivity contribution >= 4 is 0 Å². The van der Waals surface area contributed by atoms with Gasteiger partial charge in [0, 0.05) is 0 Å². The maximum atomic E-state index is 9.18. The maximum absolute atomic E-state index is 9.18. The highest BCUT2D eigenvalue weighted by Crippen LogP contribution is 2.25. The lowest BCUT2D eigenvalue weighted by Gasteiger charge is -2.18. The largest absolute Gasteiger partial charge is 0.510 e. The zero-order chi connectivity index (χ0) is 12.8. The zero-order valence-corrected chi connectivity index (χ0v) is 10.1. The summed E-state index contributed by atoms with van der Waals surface area (Å²) in [7, 11) is 0. The third kappa shape index (κ3) is 3.22. The summed E-state index contributed by atoms with van der Waals surface area (Å²) in [5, 5.41) is 9.18. The van der Waals surface area contributed by atoms with E-state index in [1.807, 2.05) is 60.7 Å². The maximum Gasteiger partial charge on any atom is 0.111 e. The summed E-state index contributed by atoms with van der Waals surface area (Å²) < 4.78 is 5.73. The second kappa shape index (κ2) is 6.03. The molecule has 0 amide bonds. The highest BCUT2D eigenvalue weighted by atomic mass is 16.5. The predicted octanol–water partition coefficient (Wildman–Crippen LogP) is 3.86. The van der Waals surface area contributed by atoms with E-state index >= 15 is 0 Å². The molecule has 0 radical (unpaired) electrons. The molecular weight excluding hydrogens is 224 g/mol. The first-order chi connectivity index (χ1) is 8.77. The standard InChI is InChI=1S/C16H16O2/c1-13(17)12-18-16(14-8-4-2-5-9-14)15-10-6-3-7-11-15/h2-11,16-17H,1,12H2. The Labute approximate surface area is 107 Å². The van der Waals surface area contributed by atoms with E-state index in [2.05, 4.69) is 6.58 Å². The lowest BCUT2D eigenvalue weighted by atomic mass is 10.0. The number of hydrogen-bond acceptors (Lipinski definition) is 2. The normalized spacial score (nSPS) is 10.5. The van der Waals surface area contributed by atoms with Gasteiger partial charge in [0.25, 0.3) is 0 Å². The zero-order valence-electron chi connectivity index (χ0n) is 10.1. The summed E-state index contributed by atoms with van der Waals surface area (Å²) >= 11 is 0. The molecular formula is C16H16O2. The minimum Gasteiger partial charge on any atom is -0.510 e. The summed E-state index contributed by atoms with van der Waals surface area (Å²) in [6.45, 7) is 3.58. The van der Waals surface area contributed by atoms with E-state index in [4.69, 9.17) is 4.74 Å². The van der Waals surface area contributed by atoms with Crippen molar-refractivity contribution in [3.63, 3.8) is 0 Å². The van der Waals surface area contributed by atoms with Crippen molar-refractivity contribution in [3.05, 3.63) is 84.1 Å². The molecule has 1 N–H and O–H groups in total. The summed E-state index contributed by atoms with van der Waals surface area (Å²) in [4.78, 5) is 0. The van der Waals surface area contributed by atoms with Crippen molar-refractivity contribution in [3.8, 4) is 0 Å². The summed E-state index contributed by atoms with van der Waals surface area (Å²) in [6.07, 6.45) is -0.184. The number of rotatable bonds is 5. The Morgan fingerprint density at radius 2 is 1.39 bits per heavy atom. The molecule has 0 aromatic heterocycles. The topological polar surface area (TPSA) is 29.5 Å². The van der Waals surface area contributed by atoms with Crippen LogP contribution in [0.1, 0.15) is 17.2 Å². The lowest BCUT2D eigenvalue weighted by Crippen LogP contribution is -2.08.